The number of likely N-dealkylation sites (N-methyl/N-ethyl adjacent to an activating group) is 1. The average molecular weight is 397 g/mol. The molecule has 0 fully saturated rings. The summed E-state index contributed by atoms with van der Waals surface area (Å²) >= 11 is 3.45. The summed E-state index contributed by atoms with van der Waals surface area (Å²) in [6, 6.07) is 22.4. The second kappa shape index (κ2) is 9.74. The van der Waals surface area contributed by atoms with Crippen LogP contribution in [0, 0.1) is 0 Å². The summed E-state index contributed by atoms with van der Waals surface area (Å²) in [4.78, 5) is 17.3. The molecule has 0 aliphatic heterocycles. The fourth-order valence-electron chi connectivity index (χ4n) is 2.88. The number of rotatable bonds is 8. The van der Waals surface area contributed by atoms with Crippen molar-refractivity contribution < 1.29 is 4.79 Å². The van der Waals surface area contributed by atoms with Gasteiger partial charge in [-0.15, -0.1) is 23.1 Å². The molecule has 0 aliphatic rings. The summed E-state index contributed by atoms with van der Waals surface area (Å²) in [6.45, 7) is 0.569. The third-order valence-corrected chi connectivity index (χ3v) is 6.53. The molecule has 1 aromatic heterocycles. The van der Waals surface area contributed by atoms with E-state index in [-0.39, 0.29) is 11.9 Å². The highest BCUT2D eigenvalue weighted by Crippen LogP contribution is 2.28. The summed E-state index contributed by atoms with van der Waals surface area (Å²) < 4.78 is 0. The van der Waals surface area contributed by atoms with E-state index < -0.39 is 0 Å². The van der Waals surface area contributed by atoms with Crippen molar-refractivity contribution in [3.05, 3.63) is 88.1 Å². The number of nitrogens with one attached hydrogen (secondary N) is 1. The van der Waals surface area contributed by atoms with Crippen LogP contribution in [0.4, 0.5) is 0 Å². The minimum absolute atomic E-state index is 0.0212. The van der Waals surface area contributed by atoms with Crippen LogP contribution in [0.15, 0.2) is 77.0 Å². The first-order valence-electron chi connectivity index (χ1n) is 8.89. The topological polar surface area (TPSA) is 32.3 Å². The lowest BCUT2D eigenvalue weighted by molar-refractivity contribution is 0.0939. The van der Waals surface area contributed by atoms with Gasteiger partial charge in [-0.3, -0.25) is 4.79 Å². The van der Waals surface area contributed by atoms with Crippen LogP contribution < -0.4 is 5.32 Å². The zero-order chi connectivity index (χ0) is 19.1. The zero-order valence-corrected chi connectivity index (χ0v) is 17.2. The van der Waals surface area contributed by atoms with Crippen LogP contribution in [-0.2, 0) is 5.75 Å². The van der Waals surface area contributed by atoms with Crippen LogP contribution in [0.25, 0.3) is 0 Å². The standard InChI is InChI=1S/C22H24N2OS2/c1-24(2)20(17-9-4-3-5-10-17)15-23-22(25)19-12-6-7-13-21(19)27-16-18-11-8-14-26-18/h3-14,20H,15-16H2,1-2H3,(H,23,25)/t20-/m1/s1. The molecule has 1 atom stereocenters. The van der Waals surface area contributed by atoms with Crippen LogP contribution in [0.2, 0.25) is 0 Å². The van der Waals surface area contributed by atoms with E-state index in [1.165, 1.54) is 10.4 Å². The second-order valence-electron chi connectivity index (χ2n) is 6.46. The van der Waals surface area contributed by atoms with Gasteiger partial charge in [0.25, 0.3) is 5.91 Å². The quantitative estimate of drug-likeness (QED) is 0.539. The molecule has 5 heteroatoms. The molecule has 140 valence electrons. The maximum Gasteiger partial charge on any atom is 0.252 e. The fraction of sp³-hybridized carbons (Fsp3) is 0.227. The summed E-state index contributed by atoms with van der Waals surface area (Å²) in [5.41, 5.74) is 1.94. The largest absolute Gasteiger partial charge is 0.350 e. The Labute approximate surface area is 169 Å². The van der Waals surface area contributed by atoms with E-state index in [2.05, 4.69) is 39.9 Å². The van der Waals surface area contributed by atoms with Crippen LogP contribution in [0.3, 0.4) is 0 Å². The van der Waals surface area contributed by atoms with Crippen LogP contribution in [-0.4, -0.2) is 31.4 Å². The number of nitrogens with zero attached hydrogens (tertiary/aromatic N) is 1. The molecule has 2 aromatic carbocycles. The van der Waals surface area contributed by atoms with Gasteiger partial charge in [-0.2, -0.15) is 0 Å². The molecule has 1 amide bonds. The Morgan fingerprint density at radius 3 is 2.48 bits per heavy atom. The van der Waals surface area contributed by atoms with E-state index in [4.69, 9.17) is 0 Å². The molecular weight excluding hydrogens is 372 g/mol. The predicted molar refractivity (Wildman–Crippen MR) is 116 cm³/mol. The Morgan fingerprint density at radius 1 is 1.04 bits per heavy atom. The van der Waals surface area contributed by atoms with Crippen molar-refractivity contribution in [3.8, 4) is 0 Å². The summed E-state index contributed by atoms with van der Waals surface area (Å²) in [5, 5.41) is 5.20. The van der Waals surface area contributed by atoms with Gasteiger partial charge in [0, 0.05) is 22.1 Å². The highest BCUT2D eigenvalue weighted by Gasteiger charge is 2.17. The Kier molecular flexibility index (Phi) is 7.10. The maximum absolute atomic E-state index is 12.8. The third-order valence-electron chi connectivity index (χ3n) is 4.35. The Morgan fingerprint density at radius 2 is 1.78 bits per heavy atom. The number of carbonyl (C=O) groups excluding carboxylic acids is 1. The molecule has 1 heterocycles. The van der Waals surface area contributed by atoms with Crippen molar-refractivity contribution in [3.63, 3.8) is 0 Å². The number of amides is 1. The first-order valence-corrected chi connectivity index (χ1v) is 10.8. The van der Waals surface area contributed by atoms with Crippen molar-refractivity contribution in [2.24, 2.45) is 0 Å². The van der Waals surface area contributed by atoms with Gasteiger partial charge in [-0.1, -0.05) is 48.5 Å². The molecule has 0 unspecified atom stereocenters. The van der Waals surface area contributed by atoms with Gasteiger partial charge in [0.15, 0.2) is 0 Å². The molecule has 27 heavy (non-hydrogen) atoms. The van der Waals surface area contributed by atoms with Gasteiger partial charge >= 0.3 is 0 Å². The number of hydrogen-bond acceptors (Lipinski definition) is 4. The number of hydrogen-bond donors (Lipinski definition) is 1. The Hall–Kier alpha value is -2.08. The highest BCUT2D eigenvalue weighted by molar-refractivity contribution is 7.98. The minimum atomic E-state index is -0.0212. The molecule has 0 aliphatic carbocycles. The van der Waals surface area contributed by atoms with Gasteiger partial charge < -0.3 is 10.2 Å². The lowest BCUT2D eigenvalue weighted by Gasteiger charge is -2.25. The fourth-order valence-corrected chi connectivity index (χ4v) is 4.71. The molecule has 0 saturated heterocycles. The molecule has 0 bridgehead atoms. The number of benzene rings is 2. The van der Waals surface area contributed by atoms with Crippen LogP contribution in [0.5, 0.6) is 0 Å². The van der Waals surface area contributed by atoms with Gasteiger partial charge in [0.2, 0.25) is 0 Å². The molecule has 0 radical (unpaired) electrons. The van der Waals surface area contributed by atoms with Gasteiger partial charge in [0.05, 0.1) is 11.6 Å². The zero-order valence-electron chi connectivity index (χ0n) is 15.6. The van der Waals surface area contributed by atoms with Gasteiger partial charge in [-0.05, 0) is 43.2 Å². The molecule has 3 rings (SSSR count). The molecule has 3 aromatic rings. The van der Waals surface area contributed by atoms with Crippen molar-refractivity contribution in [2.75, 3.05) is 20.6 Å². The van der Waals surface area contributed by atoms with E-state index in [1.54, 1.807) is 23.1 Å². The van der Waals surface area contributed by atoms with E-state index in [1.807, 2.05) is 56.6 Å². The first-order chi connectivity index (χ1) is 13.1. The van der Waals surface area contributed by atoms with Crippen molar-refractivity contribution >= 4 is 29.0 Å². The number of thiophene rings is 1. The second-order valence-corrected chi connectivity index (χ2v) is 8.51. The van der Waals surface area contributed by atoms with Crippen LogP contribution >= 0.6 is 23.1 Å². The summed E-state index contributed by atoms with van der Waals surface area (Å²) in [5.74, 6) is 0.860. The van der Waals surface area contributed by atoms with Gasteiger partial charge in [-0.25, -0.2) is 0 Å². The molecular formula is C22H24N2OS2. The van der Waals surface area contributed by atoms with E-state index in [0.717, 1.165) is 16.2 Å². The highest BCUT2D eigenvalue weighted by atomic mass is 32.2. The summed E-state index contributed by atoms with van der Waals surface area (Å²) in [6.07, 6.45) is 0. The molecule has 1 N–H and O–H groups in total. The van der Waals surface area contributed by atoms with Crippen molar-refractivity contribution in [2.45, 2.75) is 16.7 Å². The third kappa shape index (κ3) is 5.45. The smallest absolute Gasteiger partial charge is 0.252 e. The van der Waals surface area contributed by atoms with Gasteiger partial charge in [0.1, 0.15) is 0 Å². The van der Waals surface area contributed by atoms with E-state index in [0.29, 0.717) is 6.54 Å². The number of carbonyl (C=O) groups is 1. The summed E-state index contributed by atoms with van der Waals surface area (Å²) in [7, 11) is 4.07. The maximum atomic E-state index is 12.8. The lowest BCUT2D eigenvalue weighted by atomic mass is 10.1. The molecule has 0 spiro atoms. The predicted octanol–water partition coefficient (Wildman–Crippen LogP) is 5.07. The minimum Gasteiger partial charge on any atom is -0.350 e. The van der Waals surface area contributed by atoms with Crippen molar-refractivity contribution in [1.29, 1.82) is 0 Å². The monoisotopic (exact) mass is 396 g/mol. The Bertz CT molecular complexity index is 848. The first kappa shape index (κ1) is 19.7. The average Bonchev–Trinajstić information content (AvgIpc) is 3.21. The van der Waals surface area contributed by atoms with Crippen molar-refractivity contribution in [1.82, 2.24) is 10.2 Å². The van der Waals surface area contributed by atoms with E-state index >= 15 is 0 Å². The Balaban J connectivity index is 1.67. The lowest BCUT2D eigenvalue weighted by Crippen LogP contribution is -2.34. The van der Waals surface area contributed by atoms with Crippen LogP contribution in [0.1, 0.15) is 26.8 Å². The molecule has 0 saturated carbocycles. The molecule has 3 nitrogen and oxygen atoms in total. The normalized spacial score (nSPS) is 12.1. The van der Waals surface area contributed by atoms with E-state index in [9.17, 15) is 4.79 Å². The number of thioether (sulfide) groups is 1. The SMILES string of the molecule is CN(C)[C@H](CNC(=O)c1ccccc1SCc1cccs1)c1ccccc1.